The van der Waals surface area contributed by atoms with E-state index < -0.39 is 6.10 Å². The van der Waals surface area contributed by atoms with Gasteiger partial charge in [-0.25, -0.2) is 0 Å². The Bertz CT molecular complexity index is 334. The van der Waals surface area contributed by atoms with E-state index in [-0.39, 0.29) is 0 Å². The zero-order valence-electron chi connectivity index (χ0n) is 9.56. The largest absolute Gasteiger partial charge is 0.387 e. The van der Waals surface area contributed by atoms with Crippen LogP contribution in [0.3, 0.4) is 0 Å². The molecule has 0 heterocycles. The van der Waals surface area contributed by atoms with Gasteiger partial charge in [-0.3, -0.25) is 0 Å². The molecule has 1 N–H and O–H groups in total. The fourth-order valence-electron chi connectivity index (χ4n) is 2.04. The van der Waals surface area contributed by atoms with Gasteiger partial charge in [0.2, 0.25) is 0 Å². The summed E-state index contributed by atoms with van der Waals surface area (Å²) in [7, 11) is 2.09. The van der Waals surface area contributed by atoms with Gasteiger partial charge in [0.15, 0.2) is 0 Å². The SMILES string of the molecule is CN(CC(O)c1ccc(Cl)cc1)C1CCC1. The first kappa shape index (κ1) is 11.9. The Morgan fingerprint density at radius 1 is 1.38 bits per heavy atom. The lowest BCUT2D eigenvalue weighted by Gasteiger charge is -2.35. The number of aliphatic hydroxyl groups excluding tert-OH is 1. The van der Waals surface area contributed by atoms with E-state index in [0.29, 0.717) is 17.6 Å². The van der Waals surface area contributed by atoms with E-state index in [4.69, 9.17) is 11.6 Å². The quantitative estimate of drug-likeness (QED) is 0.874. The molecule has 0 bridgehead atoms. The molecular formula is C13H18ClNO. The maximum atomic E-state index is 10.1. The third-order valence-corrected chi connectivity index (χ3v) is 3.67. The van der Waals surface area contributed by atoms with Crippen LogP contribution in [0.4, 0.5) is 0 Å². The van der Waals surface area contributed by atoms with Crippen LogP contribution in [-0.2, 0) is 0 Å². The van der Waals surface area contributed by atoms with Crippen molar-refractivity contribution < 1.29 is 5.11 Å². The highest BCUT2D eigenvalue weighted by Gasteiger charge is 2.23. The molecule has 2 rings (SSSR count). The number of halogens is 1. The van der Waals surface area contributed by atoms with Crippen LogP contribution in [0.1, 0.15) is 30.9 Å². The van der Waals surface area contributed by atoms with Gasteiger partial charge in [0.25, 0.3) is 0 Å². The smallest absolute Gasteiger partial charge is 0.0916 e. The van der Waals surface area contributed by atoms with Gasteiger partial charge in [-0.1, -0.05) is 30.2 Å². The molecule has 0 amide bonds. The Morgan fingerprint density at radius 3 is 2.50 bits per heavy atom. The summed E-state index contributed by atoms with van der Waals surface area (Å²) < 4.78 is 0. The Balaban J connectivity index is 1.91. The molecular weight excluding hydrogens is 222 g/mol. The fraction of sp³-hybridized carbons (Fsp3) is 0.538. The summed E-state index contributed by atoms with van der Waals surface area (Å²) >= 11 is 5.81. The van der Waals surface area contributed by atoms with Gasteiger partial charge < -0.3 is 10.0 Å². The minimum atomic E-state index is -0.414. The molecule has 1 aromatic carbocycles. The molecule has 0 radical (unpaired) electrons. The van der Waals surface area contributed by atoms with Crippen molar-refractivity contribution in [2.75, 3.05) is 13.6 Å². The lowest BCUT2D eigenvalue weighted by atomic mass is 9.91. The van der Waals surface area contributed by atoms with E-state index in [0.717, 1.165) is 5.56 Å². The molecule has 16 heavy (non-hydrogen) atoms. The van der Waals surface area contributed by atoms with Gasteiger partial charge in [0.1, 0.15) is 0 Å². The number of rotatable bonds is 4. The number of likely N-dealkylation sites (N-methyl/N-ethyl adjacent to an activating group) is 1. The van der Waals surface area contributed by atoms with Gasteiger partial charge in [0, 0.05) is 17.6 Å². The third-order valence-electron chi connectivity index (χ3n) is 3.41. The number of benzene rings is 1. The number of hydrogen-bond donors (Lipinski definition) is 1. The van der Waals surface area contributed by atoms with Gasteiger partial charge in [0.05, 0.1) is 6.10 Å². The van der Waals surface area contributed by atoms with Crippen molar-refractivity contribution in [3.63, 3.8) is 0 Å². The van der Waals surface area contributed by atoms with Crippen LogP contribution < -0.4 is 0 Å². The van der Waals surface area contributed by atoms with Crippen LogP contribution in [0.15, 0.2) is 24.3 Å². The van der Waals surface area contributed by atoms with Crippen LogP contribution in [0.2, 0.25) is 5.02 Å². The molecule has 0 spiro atoms. The van der Waals surface area contributed by atoms with Crippen LogP contribution in [0.5, 0.6) is 0 Å². The van der Waals surface area contributed by atoms with E-state index in [2.05, 4.69) is 11.9 Å². The monoisotopic (exact) mass is 239 g/mol. The van der Waals surface area contributed by atoms with E-state index in [1.807, 2.05) is 24.3 Å². The molecule has 1 fully saturated rings. The fourth-order valence-corrected chi connectivity index (χ4v) is 2.17. The highest BCUT2D eigenvalue weighted by atomic mass is 35.5. The van der Waals surface area contributed by atoms with E-state index in [9.17, 15) is 5.11 Å². The van der Waals surface area contributed by atoms with E-state index >= 15 is 0 Å². The standard InChI is InChI=1S/C13H18ClNO/c1-15(12-3-2-4-12)9-13(16)10-5-7-11(14)8-6-10/h5-8,12-13,16H,2-4,9H2,1H3. The Morgan fingerprint density at radius 2 is 2.00 bits per heavy atom. The second-order valence-electron chi connectivity index (χ2n) is 4.59. The highest BCUT2D eigenvalue weighted by Crippen LogP contribution is 2.25. The summed E-state index contributed by atoms with van der Waals surface area (Å²) in [6.07, 6.45) is 3.45. The lowest BCUT2D eigenvalue weighted by molar-refractivity contribution is 0.0776. The summed E-state index contributed by atoms with van der Waals surface area (Å²) in [5.74, 6) is 0. The average molecular weight is 240 g/mol. The predicted octanol–water partition coefficient (Wildman–Crippen LogP) is 2.86. The Labute approximate surface area is 102 Å². The summed E-state index contributed by atoms with van der Waals surface area (Å²) in [4.78, 5) is 2.25. The molecule has 0 aliphatic heterocycles. The van der Waals surface area contributed by atoms with Crippen molar-refractivity contribution >= 4 is 11.6 Å². The molecule has 0 aromatic heterocycles. The van der Waals surface area contributed by atoms with Gasteiger partial charge in [-0.2, -0.15) is 0 Å². The normalized spacial score (nSPS) is 18.5. The predicted molar refractivity (Wildman–Crippen MR) is 66.7 cm³/mol. The van der Waals surface area contributed by atoms with Gasteiger partial charge in [-0.15, -0.1) is 0 Å². The second kappa shape index (κ2) is 5.17. The van der Waals surface area contributed by atoms with Crippen LogP contribution in [0, 0.1) is 0 Å². The summed E-state index contributed by atoms with van der Waals surface area (Å²) in [5, 5.41) is 10.8. The zero-order chi connectivity index (χ0) is 11.5. The van der Waals surface area contributed by atoms with Crippen LogP contribution in [0.25, 0.3) is 0 Å². The Hall–Kier alpha value is -0.570. The van der Waals surface area contributed by atoms with Crippen molar-refractivity contribution in [2.24, 2.45) is 0 Å². The summed E-state index contributed by atoms with van der Waals surface area (Å²) in [6.45, 7) is 0.701. The molecule has 1 unspecified atom stereocenters. The highest BCUT2D eigenvalue weighted by molar-refractivity contribution is 6.30. The molecule has 1 atom stereocenters. The first-order valence-corrected chi connectivity index (χ1v) is 6.18. The third kappa shape index (κ3) is 2.76. The summed E-state index contributed by atoms with van der Waals surface area (Å²) in [5.41, 5.74) is 0.940. The molecule has 1 saturated carbocycles. The lowest BCUT2D eigenvalue weighted by Crippen LogP contribution is -2.39. The van der Waals surface area contributed by atoms with Crippen LogP contribution >= 0.6 is 11.6 Å². The van der Waals surface area contributed by atoms with Crippen LogP contribution in [-0.4, -0.2) is 29.6 Å². The van der Waals surface area contributed by atoms with Gasteiger partial charge in [-0.05, 0) is 37.6 Å². The molecule has 0 saturated heterocycles. The van der Waals surface area contributed by atoms with Crippen molar-refractivity contribution in [3.05, 3.63) is 34.9 Å². The number of aliphatic hydroxyl groups is 1. The maximum absolute atomic E-state index is 10.1. The zero-order valence-corrected chi connectivity index (χ0v) is 10.3. The minimum Gasteiger partial charge on any atom is -0.387 e. The number of nitrogens with zero attached hydrogens (tertiary/aromatic N) is 1. The van der Waals surface area contributed by atoms with Crippen molar-refractivity contribution in [3.8, 4) is 0 Å². The molecule has 1 aliphatic rings. The van der Waals surface area contributed by atoms with Crippen molar-refractivity contribution in [1.29, 1.82) is 0 Å². The Kier molecular flexibility index (Phi) is 3.85. The molecule has 88 valence electrons. The van der Waals surface area contributed by atoms with E-state index in [1.54, 1.807) is 0 Å². The average Bonchev–Trinajstić information content (AvgIpc) is 2.15. The molecule has 1 aliphatic carbocycles. The first-order chi connectivity index (χ1) is 7.66. The van der Waals surface area contributed by atoms with E-state index in [1.165, 1.54) is 19.3 Å². The maximum Gasteiger partial charge on any atom is 0.0916 e. The molecule has 2 nitrogen and oxygen atoms in total. The topological polar surface area (TPSA) is 23.5 Å². The minimum absolute atomic E-state index is 0.414. The summed E-state index contributed by atoms with van der Waals surface area (Å²) in [6, 6.07) is 8.10. The number of hydrogen-bond acceptors (Lipinski definition) is 2. The molecule has 1 aromatic rings. The van der Waals surface area contributed by atoms with Gasteiger partial charge >= 0.3 is 0 Å². The van der Waals surface area contributed by atoms with Crippen molar-refractivity contribution in [2.45, 2.75) is 31.4 Å². The second-order valence-corrected chi connectivity index (χ2v) is 5.03. The molecule has 3 heteroatoms. The first-order valence-electron chi connectivity index (χ1n) is 5.80. The van der Waals surface area contributed by atoms with Crippen molar-refractivity contribution in [1.82, 2.24) is 4.90 Å².